The Bertz CT molecular complexity index is 556. The van der Waals surface area contributed by atoms with Crippen molar-refractivity contribution >= 4 is 6.29 Å². The Hall–Kier alpha value is -2.00. The highest BCUT2D eigenvalue weighted by atomic mass is 16.1. The molecule has 1 aromatic heterocycles. The van der Waals surface area contributed by atoms with Gasteiger partial charge in [0.2, 0.25) is 0 Å². The topological polar surface area (TPSA) is 33.2 Å². The van der Waals surface area contributed by atoms with Crippen LogP contribution in [-0.2, 0) is 16.6 Å². The summed E-state index contributed by atoms with van der Waals surface area (Å²) in [5.41, 5.74) is 1.87. The van der Waals surface area contributed by atoms with E-state index in [2.05, 4.69) is 16.9 Å². The molecule has 0 aliphatic heterocycles. The molecule has 0 spiro atoms. The van der Waals surface area contributed by atoms with Crippen LogP contribution in [0.25, 0.3) is 0 Å². The van der Waals surface area contributed by atoms with Gasteiger partial charge >= 0.3 is 0 Å². The quantitative estimate of drug-likeness (QED) is 0.732. The van der Waals surface area contributed by atoms with Crippen LogP contribution in [0.1, 0.15) is 18.1 Å². The van der Waals surface area contributed by atoms with Gasteiger partial charge in [-0.2, -0.15) is 0 Å². The Labute approximate surface area is 126 Å². The molecule has 110 valence electrons. The van der Waals surface area contributed by atoms with Crippen molar-refractivity contribution in [1.82, 2.24) is 9.88 Å². The van der Waals surface area contributed by atoms with Crippen molar-refractivity contribution in [1.29, 1.82) is 0 Å². The Balaban J connectivity index is 1.97. The number of aromatic nitrogens is 1. The Kier molecular flexibility index (Phi) is 5.23. The SMILES string of the molecule is CN(CCc1ccncc1)CC(C)(C=O)c1ccccc1. The molecule has 0 bridgehead atoms. The summed E-state index contributed by atoms with van der Waals surface area (Å²) in [5.74, 6) is 0. The van der Waals surface area contributed by atoms with Gasteiger partial charge < -0.3 is 9.69 Å². The minimum atomic E-state index is -0.464. The third-order valence-electron chi connectivity index (χ3n) is 3.82. The molecule has 1 heterocycles. The van der Waals surface area contributed by atoms with E-state index >= 15 is 0 Å². The molecular formula is C18H22N2O. The lowest BCUT2D eigenvalue weighted by Crippen LogP contribution is -2.39. The second-order valence-electron chi connectivity index (χ2n) is 5.74. The van der Waals surface area contributed by atoms with E-state index in [1.807, 2.05) is 61.8 Å². The van der Waals surface area contributed by atoms with Gasteiger partial charge in [0.25, 0.3) is 0 Å². The molecule has 3 heteroatoms. The number of hydrogen-bond acceptors (Lipinski definition) is 3. The number of likely N-dealkylation sites (N-methyl/N-ethyl adjacent to an activating group) is 1. The smallest absolute Gasteiger partial charge is 0.131 e. The summed E-state index contributed by atoms with van der Waals surface area (Å²) in [5, 5.41) is 0. The molecule has 0 N–H and O–H groups in total. The third kappa shape index (κ3) is 4.23. The maximum Gasteiger partial charge on any atom is 0.131 e. The maximum atomic E-state index is 11.6. The minimum absolute atomic E-state index is 0.464. The van der Waals surface area contributed by atoms with Gasteiger partial charge in [-0.25, -0.2) is 0 Å². The first kappa shape index (κ1) is 15.4. The molecular weight excluding hydrogens is 260 g/mol. The Morgan fingerprint density at radius 1 is 1.14 bits per heavy atom. The van der Waals surface area contributed by atoms with Crippen molar-refractivity contribution in [2.24, 2.45) is 0 Å². The number of pyridine rings is 1. The van der Waals surface area contributed by atoms with Crippen LogP contribution in [-0.4, -0.2) is 36.3 Å². The molecule has 2 rings (SSSR count). The number of benzene rings is 1. The first-order valence-electron chi connectivity index (χ1n) is 7.23. The molecule has 0 radical (unpaired) electrons. The van der Waals surface area contributed by atoms with Crippen LogP contribution >= 0.6 is 0 Å². The van der Waals surface area contributed by atoms with Crippen LogP contribution in [0.4, 0.5) is 0 Å². The second kappa shape index (κ2) is 7.14. The number of aldehydes is 1. The number of nitrogens with zero attached hydrogens (tertiary/aromatic N) is 2. The maximum absolute atomic E-state index is 11.6. The minimum Gasteiger partial charge on any atom is -0.305 e. The highest BCUT2D eigenvalue weighted by Gasteiger charge is 2.27. The largest absolute Gasteiger partial charge is 0.305 e. The number of carbonyl (C=O) groups excluding carboxylic acids is 1. The van der Waals surface area contributed by atoms with Gasteiger partial charge in [-0.05, 0) is 43.7 Å². The van der Waals surface area contributed by atoms with Crippen molar-refractivity contribution < 1.29 is 4.79 Å². The molecule has 0 aliphatic carbocycles. The zero-order chi connectivity index (χ0) is 15.1. The fourth-order valence-corrected chi connectivity index (χ4v) is 2.52. The lowest BCUT2D eigenvalue weighted by molar-refractivity contribution is -0.112. The average molecular weight is 282 g/mol. The first-order chi connectivity index (χ1) is 10.1. The number of rotatable bonds is 7. The average Bonchev–Trinajstić information content (AvgIpc) is 2.54. The zero-order valence-electron chi connectivity index (χ0n) is 12.7. The van der Waals surface area contributed by atoms with Crippen molar-refractivity contribution in [3.05, 3.63) is 66.0 Å². The second-order valence-corrected chi connectivity index (χ2v) is 5.74. The lowest BCUT2D eigenvalue weighted by atomic mass is 9.83. The summed E-state index contributed by atoms with van der Waals surface area (Å²) < 4.78 is 0. The summed E-state index contributed by atoms with van der Waals surface area (Å²) in [6, 6.07) is 14.0. The molecule has 0 saturated carbocycles. The Morgan fingerprint density at radius 3 is 2.43 bits per heavy atom. The van der Waals surface area contributed by atoms with E-state index in [1.165, 1.54) is 5.56 Å². The van der Waals surface area contributed by atoms with Crippen molar-refractivity contribution in [2.75, 3.05) is 20.1 Å². The molecule has 0 aliphatic rings. The van der Waals surface area contributed by atoms with Crippen LogP contribution in [0.2, 0.25) is 0 Å². The van der Waals surface area contributed by atoms with Gasteiger partial charge in [-0.3, -0.25) is 4.98 Å². The molecule has 3 nitrogen and oxygen atoms in total. The van der Waals surface area contributed by atoms with Crippen molar-refractivity contribution in [3.63, 3.8) is 0 Å². The van der Waals surface area contributed by atoms with Crippen LogP contribution in [0.3, 0.4) is 0 Å². The van der Waals surface area contributed by atoms with Gasteiger partial charge in [0, 0.05) is 25.5 Å². The first-order valence-corrected chi connectivity index (χ1v) is 7.23. The fourth-order valence-electron chi connectivity index (χ4n) is 2.52. The standard InChI is InChI=1S/C18H22N2O/c1-18(15-21,17-6-4-3-5-7-17)14-20(2)13-10-16-8-11-19-12-9-16/h3-9,11-12,15H,10,13-14H2,1-2H3. The fraction of sp³-hybridized carbons (Fsp3) is 0.333. The Morgan fingerprint density at radius 2 is 1.81 bits per heavy atom. The van der Waals surface area contributed by atoms with Crippen molar-refractivity contribution in [2.45, 2.75) is 18.8 Å². The molecule has 0 amide bonds. The van der Waals surface area contributed by atoms with E-state index in [0.717, 1.165) is 24.8 Å². The predicted molar refractivity (Wildman–Crippen MR) is 85.3 cm³/mol. The van der Waals surface area contributed by atoms with Gasteiger partial charge in [0.15, 0.2) is 0 Å². The molecule has 21 heavy (non-hydrogen) atoms. The van der Waals surface area contributed by atoms with E-state index in [-0.39, 0.29) is 0 Å². The van der Waals surface area contributed by atoms with E-state index in [4.69, 9.17) is 0 Å². The van der Waals surface area contributed by atoms with Crippen molar-refractivity contribution in [3.8, 4) is 0 Å². The molecule has 1 unspecified atom stereocenters. The summed E-state index contributed by atoms with van der Waals surface area (Å²) in [7, 11) is 2.06. The summed E-state index contributed by atoms with van der Waals surface area (Å²) >= 11 is 0. The van der Waals surface area contributed by atoms with E-state index in [1.54, 1.807) is 0 Å². The van der Waals surface area contributed by atoms with Gasteiger partial charge in [0.05, 0.1) is 5.41 Å². The number of carbonyl (C=O) groups is 1. The predicted octanol–water partition coefficient (Wildman–Crippen LogP) is 2.71. The summed E-state index contributed by atoms with van der Waals surface area (Å²) in [6.45, 7) is 3.63. The summed E-state index contributed by atoms with van der Waals surface area (Å²) in [6.07, 6.45) is 5.65. The number of hydrogen-bond donors (Lipinski definition) is 0. The van der Waals surface area contributed by atoms with E-state index in [9.17, 15) is 4.79 Å². The zero-order valence-corrected chi connectivity index (χ0v) is 12.7. The van der Waals surface area contributed by atoms with Crippen LogP contribution in [0.15, 0.2) is 54.9 Å². The van der Waals surface area contributed by atoms with Gasteiger partial charge in [-0.1, -0.05) is 30.3 Å². The lowest BCUT2D eigenvalue weighted by Gasteiger charge is -2.29. The molecule has 0 fully saturated rings. The normalized spacial score (nSPS) is 13.9. The van der Waals surface area contributed by atoms with E-state index in [0.29, 0.717) is 6.54 Å². The highest BCUT2D eigenvalue weighted by Crippen LogP contribution is 2.22. The monoisotopic (exact) mass is 282 g/mol. The van der Waals surface area contributed by atoms with Gasteiger partial charge in [0.1, 0.15) is 6.29 Å². The molecule has 0 saturated heterocycles. The third-order valence-corrected chi connectivity index (χ3v) is 3.82. The van der Waals surface area contributed by atoms with Crippen LogP contribution in [0, 0.1) is 0 Å². The molecule has 1 aromatic carbocycles. The van der Waals surface area contributed by atoms with Crippen LogP contribution in [0.5, 0.6) is 0 Å². The van der Waals surface area contributed by atoms with E-state index < -0.39 is 5.41 Å². The molecule has 1 atom stereocenters. The van der Waals surface area contributed by atoms with Crippen LogP contribution < -0.4 is 0 Å². The molecule has 2 aromatic rings. The summed E-state index contributed by atoms with van der Waals surface area (Å²) in [4.78, 5) is 17.8. The highest BCUT2D eigenvalue weighted by molar-refractivity contribution is 5.68. The van der Waals surface area contributed by atoms with Gasteiger partial charge in [-0.15, -0.1) is 0 Å².